The van der Waals surface area contributed by atoms with Gasteiger partial charge in [-0.05, 0) is 29.8 Å². The number of pyridine rings is 1. The molecule has 0 aliphatic heterocycles. The average Bonchev–Trinajstić information content (AvgIpc) is 2.10. The molecule has 0 saturated heterocycles. The van der Waals surface area contributed by atoms with Crippen LogP contribution in [0, 0.1) is 25.2 Å². The van der Waals surface area contributed by atoms with Crippen molar-refractivity contribution in [2.75, 3.05) is 7.11 Å². The van der Waals surface area contributed by atoms with Gasteiger partial charge in [0.25, 0.3) is 0 Å². The van der Waals surface area contributed by atoms with Gasteiger partial charge in [-0.3, -0.25) is 4.98 Å². The van der Waals surface area contributed by atoms with E-state index in [-0.39, 0.29) is 0 Å². The van der Waals surface area contributed by atoms with Crippen molar-refractivity contribution >= 4 is 15.9 Å². The van der Waals surface area contributed by atoms with Crippen LogP contribution in [0.15, 0.2) is 4.47 Å². The van der Waals surface area contributed by atoms with E-state index in [1.54, 1.807) is 14.0 Å². The van der Waals surface area contributed by atoms with Crippen LogP contribution >= 0.6 is 15.9 Å². The maximum absolute atomic E-state index is 8.85. The molecule has 1 heterocycles. The molecule has 0 aliphatic carbocycles. The van der Waals surface area contributed by atoms with Crippen LogP contribution in [-0.4, -0.2) is 12.1 Å². The van der Waals surface area contributed by atoms with E-state index < -0.39 is 0 Å². The van der Waals surface area contributed by atoms with Gasteiger partial charge in [-0.2, -0.15) is 5.26 Å². The molecule has 0 fully saturated rings. The van der Waals surface area contributed by atoms with Crippen LogP contribution in [0.4, 0.5) is 0 Å². The molecular weight excluding hydrogens is 232 g/mol. The molecule has 1 rings (SSSR count). The van der Waals surface area contributed by atoms with Crippen molar-refractivity contribution < 1.29 is 4.74 Å². The molecule has 0 atom stereocenters. The molecule has 0 spiro atoms. The molecule has 1 aromatic heterocycles. The number of methoxy groups -OCH3 is 1. The van der Waals surface area contributed by atoms with E-state index in [1.807, 2.05) is 6.92 Å². The van der Waals surface area contributed by atoms with Crippen molar-refractivity contribution in [2.24, 2.45) is 0 Å². The summed E-state index contributed by atoms with van der Waals surface area (Å²) in [4.78, 5) is 4.20. The standard InChI is InChI=1S/C9H9BrN2O/c1-5-7(4-11)9(13-3)8(10)6(2)12-5/h1-3H3. The van der Waals surface area contributed by atoms with Gasteiger partial charge in [-0.1, -0.05) is 0 Å². The smallest absolute Gasteiger partial charge is 0.154 e. The summed E-state index contributed by atoms with van der Waals surface area (Å²) in [5, 5.41) is 8.85. The van der Waals surface area contributed by atoms with Gasteiger partial charge in [0.05, 0.1) is 23.0 Å². The van der Waals surface area contributed by atoms with Crippen LogP contribution in [0.5, 0.6) is 5.75 Å². The summed E-state index contributed by atoms with van der Waals surface area (Å²) in [5.41, 5.74) is 2.01. The topological polar surface area (TPSA) is 45.9 Å². The Morgan fingerprint density at radius 2 is 2.00 bits per heavy atom. The summed E-state index contributed by atoms with van der Waals surface area (Å²) < 4.78 is 5.87. The lowest BCUT2D eigenvalue weighted by Crippen LogP contribution is -1.98. The summed E-state index contributed by atoms with van der Waals surface area (Å²) >= 11 is 3.33. The highest BCUT2D eigenvalue weighted by molar-refractivity contribution is 9.10. The van der Waals surface area contributed by atoms with E-state index in [0.29, 0.717) is 17.0 Å². The van der Waals surface area contributed by atoms with Gasteiger partial charge >= 0.3 is 0 Å². The van der Waals surface area contributed by atoms with E-state index in [1.165, 1.54) is 0 Å². The molecule has 0 N–H and O–H groups in total. The lowest BCUT2D eigenvalue weighted by Gasteiger charge is -2.09. The second-order valence-electron chi connectivity index (χ2n) is 2.62. The summed E-state index contributed by atoms with van der Waals surface area (Å²) in [7, 11) is 1.54. The van der Waals surface area contributed by atoms with Gasteiger partial charge < -0.3 is 4.74 Å². The lowest BCUT2D eigenvalue weighted by atomic mass is 10.2. The number of halogens is 1. The third-order valence-corrected chi connectivity index (χ3v) is 2.69. The van der Waals surface area contributed by atoms with Crippen LogP contribution in [0.3, 0.4) is 0 Å². The van der Waals surface area contributed by atoms with Crippen LogP contribution in [0.1, 0.15) is 17.0 Å². The van der Waals surface area contributed by atoms with Crippen LogP contribution < -0.4 is 4.74 Å². The molecule has 0 aliphatic rings. The number of hydrogen-bond acceptors (Lipinski definition) is 3. The van der Waals surface area contributed by atoms with Gasteiger partial charge in [0, 0.05) is 0 Å². The summed E-state index contributed by atoms with van der Waals surface area (Å²) in [6.07, 6.45) is 0. The Morgan fingerprint density at radius 1 is 1.38 bits per heavy atom. The minimum absolute atomic E-state index is 0.486. The van der Waals surface area contributed by atoms with Gasteiger partial charge in [-0.15, -0.1) is 0 Å². The molecule has 68 valence electrons. The molecule has 1 aromatic rings. The second kappa shape index (κ2) is 3.75. The molecule has 0 amide bonds. The van der Waals surface area contributed by atoms with E-state index in [9.17, 15) is 0 Å². The first-order valence-electron chi connectivity index (χ1n) is 3.72. The van der Waals surface area contributed by atoms with Gasteiger partial charge in [0.15, 0.2) is 5.75 Å². The Balaban J connectivity index is 3.53. The molecular formula is C9H9BrN2O. The molecule has 0 bridgehead atoms. The molecule has 13 heavy (non-hydrogen) atoms. The highest BCUT2D eigenvalue weighted by Crippen LogP contribution is 2.31. The first-order valence-corrected chi connectivity index (χ1v) is 4.52. The minimum Gasteiger partial charge on any atom is -0.494 e. The van der Waals surface area contributed by atoms with Crippen molar-refractivity contribution in [3.05, 3.63) is 21.4 Å². The summed E-state index contributed by atoms with van der Waals surface area (Å²) in [6.45, 7) is 3.65. The predicted octanol–water partition coefficient (Wildman–Crippen LogP) is 2.34. The Morgan fingerprint density at radius 3 is 2.46 bits per heavy atom. The van der Waals surface area contributed by atoms with Gasteiger partial charge in [0.2, 0.25) is 0 Å². The zero-order valence-corrected chi connectivity index (χ0v) is 9.27. The second-order valence-corrected chi connectivity index (χ2v) is 3.41. The van der Waals surface area contributed by atoms with Crippen LogP contribution in [0.2, 0.25) is 0 Å². The zero-order chi connectivity index (χ0) is 10.0. The van der Waals surface area contributed by atoms with Crippen molar-refractivity contribution in [2.45, 2.75) is 13.8 Å². The SMILES string of the molecule is COc1c(Br)c(C)nc(C)c1C#N. The number of hydrogen-bond donors (Lipinski definition) is 0. The van der Waals surface area contributed by atoms with Crippen molar-refractivity contribution in [1.29, 1.82) is 5.26 Å². The predicted molar refractivity (Wildman–Crippen MR) is 52.7 cm³/mol. The van der Waals surface area contributed by atoms with Crippen molar-refractivity contribution in [3.8, 4) is 11.8 Å². The van der Waals surface area contributed by atoms with E-state index >= 15 is 0 Å². The fourth-order valence-corrected chi connectivity index (χ4v) is 1.57. The van der Waals surface area contributed by atoms with Gasteiger partial charge in [0.1, 0.15) is 11.6 Å². The largest absolute Gasteiger partial charge is 0.494 e. The Labute approximate surface area is 85.5 Å². The third-order valence-electron chi connectivity index (χ3n) is 1.76. The number of rotatable bonds is 1. The number of ether oxygens (including phenoxy) is 1. The molecule has 4 heteroatoms. The zero-order valence-electron chi connectivity index (χ0n) is 7.68. The highest BCUT2D eigenvalue weighted by atomic mass is 79.9. The molecule has 3 nitrogen and oxygen atoms in total. The molecule has 0 radical (unpaired) electrons. The number of nitriles is 1. The first kappa shape index (κ1) is 10.0. The Hall–Kier alpha value is -1.08. The molecule has 0 unspecified atom stereocenters. The minimum atomic E-state index is 0.486. The first-order chi connectivity index (χ1) is 6.11. The summed E-state index contributed by atoms with van der Waals surface area (Å²) in [5.74, 6) is 0.562. The van der Waals surface area contributed by atoms with Crippen molar-refractivity contribution in [3.63, 3.8) is 0 Å². The third kappa shape index (κ3) is 1.65. The number of nitrogens with zero attached hydrogens (tertiary/aromatic N) is 2. The van der Waals surface area contributed by atoms with Crippen molar-refractivity contribution in [1.82, 2.24) is 4.98 Å². The highest BCUT2D eigenvalue weighted by Gasteiger charge is 2.13. The van der Waals surface area contributed by atoms with Crippen LogP contribution in [0.25, 0.3) is 0 Å². The average molecular weight is 241 g/mol. The normalized spacial score (nSPS) is 9.46. The summed E-state index contributed by atoms with van der Waals surface area (Å²) in [6, 6.07) is 2.07. The van der Waals surface area contributed by atoms with E-state index in [4.69, 9.17) is 10.00 Å². The number of aryl methyl sites for hydroxylation is 2. The quantitative estimate of drug-likeness (QED) is 0.758. The van der Waals surface area contributed by atoms with E-state index in [0.717, 1.165) is 10.2 Å². The van der Waals surface area contributed by atoms with Crippen LogP contribution in [-0.2, 0) is 0 Å². The fraction of sp³-hybridized carbons (Fsp3) is 0.333. The Bertz CT molecular complexity index is 382. The Kier molecular flexibility index (Phi) is 2.89. The lowest BCUT2D eigenvalue weighted by molar-refractivity contribution is 0.409. The fourth-order valence-electron chi connectivity index (χ4n) is 1.12. The van der Waals surface area contributed by atoms with E-state index in [2.05, 4.69) is 27.0 Å². The molecule has 0 aromatic carbocycles. The number of aromatic nitrogens is 1. The molecule has 0 saturated carbocycles. The maximum atomic E-state index is 8.85. The monoisotopic (exact) mass is 240 g/mol. The van der Waals surface area contributed by atoms with Gasteiger partial charge in [-0.25, -0.2) is 0 Å². The maximum Gasteiger partial charge on any atom is 0.154 e.